The maximum Gasteiger partial charge on any atom is 0.169 e. The second-order valence-electron chi connectivity index (χ2n) is 5.02. The third kappa shape index (κ3) is 2.52. The molecule has 0 aromatic heterocycles. The predicted molar refractivity (Wildman–Crippen MR) is 57.5 cm³/mol. The molecular weight excluding hydrogens is 192 g/mol. The van der Waals surface area contributed by atoms with Gasteiger partial charge in [-0.3, -0.25) is 0 Å². The van der Waals surface area contributed by atoms with Gasteiger partial charge in [-0.1, -0.05) is 0 Å². The van der Waals surface area contributed by atoms with Crippen LogP contribution in [0.4, 0.5) is 0 Å². The van der Waals surface area contributed by atoms with Gasteiger partial charge >= 0.3 is 0 Å². The molecule has 2 fully saturated rings. The molecule has 0 amide bonds. The van der Waals surface area contributed by atoms with E-state index in [1.54, 1.807) is 6.92 Å². The van der Waals surface area contributed by atoms with Gasteiger partial charge in [0, 0.05) is 12.8 Å². The minimum atomic E-state index is -0.386. The van der Waals surface area contributed by atoms with Crippen molar-refractivity contribution in [2.24, 2.45) is 0 Å². The largest absolute Gasteiger partial charge is 0.391 e. The molecule has 88 valence electrons. The third-order valence-corrected chi connectivity index (χ3v) is 3.53. The number of aliphatic hydroxyl groups excluding tert-OH is 1. The van der Waals surface area contributed by atoms with E-state index in [2.05, 4.69) is 6.92 Å². The fourth-order valence-electron chi connectivity index (χ4n) is 2.72. The van der Waals surface area contributed by atoms with E-state index in [1.165, 1.54) is 6.42 Å². The Labute approximate surface area is 91.8 Å². The average Bonchev–Trinajstić information content (AvgIpc) is 2.17. The quantitative estimate of drug-likeness (QED) is 0.727. The van der Waals surface area contributed by atoms with E-state index < -0.39 is 0 Å². The van der Waals surface area contributed by atoms with E-state index in [9.17, 15) is 5.11 Å². The van der Waals surface area contributed by atoms with Crippen molar-refractivity contribution in [3.63, 3.8) is 0 Å². The summed E-state index contributed by atoms with van der Waals surface area (Å²) in [6.45, 7) is 3.91. The zero-order valence-corrected chi connectivity index (χ0v) is 9.74. The number of ether oxygens (including phenoxy) is 2. The van der Waals surface area contributed by atoms with Crippen LogP contribution in [0.15, 0.2) is 0 Å². The van der Waals surface area contributed by atoms with Gasteiger partial charge in [-0.2, -0.15) is 0 Å². The summed E-state index contributed by atoms with van der Waals surface area (Å²) < 4.78 is 11.9. The summed E-state index contributed by atoms with van der Waals surface area (Å²) in [6.07, 6.45) is 6.21. The van der Waals surface area contributed by atoms with Gasteiger partial charge in [-0.25, -0.2) is 0 Å². The summed E-state index contributed by atoms with van der Waals surface area (Å²) >= 11 is 0. The molecule has 15 heavy (non-hydrogen) atoms. The number of rotatable bonds is 1. The Morgan fingerprint density at radius 2 is 1.87 bits per heavy atom. The van der Waals surface area contributed by atoms with Crippen molar-refractivity contribution in [1.82, 2.24) is 0 Å². The fourth-order valence-corrected chi connectivity index (χ4v) is 2.72. The van der Waals surface area contributed by atoms with Gasteiger partial charge in [0.1, 0.15) is 0 Å². The molecule has 4 unspecified atom stereocenters. The molecule has 2 saturated heterocycles. The lowest BCUT2D eigenvalue weighted by Gasteiger charge is -2.46. The molecule has 1 N–H and O–H groups in total. The molecule has 2 aliphatic rings. The first-order chi connectivity index (χ1) is 7.11. The van der Waals surface area contributed by atoms with Crippen LogP contribution in [-0.4, -0.2) is 29.2 Å². The lowest BCUT2D eigenvalue weighted by molar-refractivity contribution is -0.321. The van der Waals surface area contributed by atoms with Gasteiger partial charge in [0.2, 0.25) is 0 Å². The Balaban J connectivity index is 2.01. The highest BCUT2D eigenvalue weighted by Crippen LogP contribution is 2.39. The summed E-state index contributed by atoms with van der Waals surface area (Å²) in [5.74, 6) is -0.377. The first kappa shape index (κ1) is 11.4. The normalized spacial score (nSPS) is 44.2. The number of hydrogen-bond acceptors (Lipinski definition) is 3. The Bertz CT molecular complexity index is 213. The van der Waals surface area contributed by atoms with Crippen molar-refractivity contribution in [2.75, 3.05) is 0 Å². The first-order valence-electron chi connectivity index (χ1n) is 6.15. The van der Waals surface area contributed by atoms with Gasteiger partial charge in [0.05, 0.1) is 18.3 Å². The molecule has 0 radical (unpaired) electrons. The monoisotopic (exact) mass is 214 g/mol. The summed E-state index contributed by atoms with van der Waals surface area (Å²) in [4.78, 5) is 0. The SMILES string of the molecule is CC1CCCC2(CCCC(C(C)O)O2)O1. The lowest BCUT2D eigenvalue weighted by Crippen LogP contribution is -2.49. The smallest absolute Gasteiger partial charge is 0.169 e. The molecule has 0 aliphatic carbocycles. The highest BCUT2D eigenvalue weighted by Gasteiger charge is 2.42. The highest BCUT2D eigenvalue weighted by atomic mass is 16.7. The molecule has 2 rings (SSSR count). The Kier molecular flexibility index (Phi) is 3.33. The molecule has 2 heterocycles. The second kappa shape index (κ2) is 4.40. The van der Waals surface area contributed by atoms with Crippen LogP contribution in [0.1, 0.15) is 52.4 Å². The summed E-state index contributed by atoms with van der Waals surface area (Å²) in [5, 5.41) is 9.58. The zero-order chi connectivity index (χ0) is 10.9. The molecule has 0 bridgehead atoms. The van der Waals surface area contributed by atoms with E-state index in [4.69, 9.17) is 9.47 Å². The van der Waals surface area contributed by atoms with E-state index in [0.29, 0.717) is 6.10 Å². The van der Waals surface area contributed by atoms with Gasteiger partial charge in [0.25, 0.3) is 0 Å². The minimum absolute atomic E-state index is 0.0379. The molecule has 1 spiro atoms. The second-order valence-corrected chi connectivity index (χ2v) is 5.02. The van der Waals surface area contributed by atoms with Crippen LogP contribution in [0.2, 0.25) is 0 Å². The van der Waals surface area contributed by atoms with E-state index in [1.807, 2.05) is 0 Å². The van der Waals surface area contributed by atoms with E-state index in [-0.39, 0.29) is 18.0 Å². The van der Waals surface area contributed by atoms with Crippen LogP contribution in [-0.2, 0) is 9.47 Å². The third-order valence-electron chi connectivity index (χ3n) is 3.53. The highest BCUT2D eigenvalue weighted by molar-refractivity contribution is 4.84. The van der Waals surface area contributed by atoms with Crippen LogP contribution in [0, 0.1) is 0 Å². The Morgan fingerprint density at radius 3 is 2.47 bits per heavy atom. The van der Waals surface area contributed by atoms with Gasteiger partial charge in [0.15, 0.2) is 5.79 Å². The molecule has 0 aromatic carbocycles. The maximum absolute atomic E-state index is 9.58. The van der Waals surface area contributed by atoms with Crippen LogP contribution in [0.3, 0.4) is 0 Å². The van der Waals surface area contributed by atoms with Crippen molar-refractivity contribution in [2.45, 2.75) is 76.5 Å². The molecule has 3 nitrogen and oxygen atoms in total. The van der Waals surface area contributed by atoms with Crippen molar-refractivity contribution in [1.29, 1.82) is 0 Å². The number of aliphatic hydroxyl groups is 1. The van der Waals surface area contributed by atoms with Crippen molar-refractivity contribution in [3.05, 3.63) is 0 Å². The van der Waals surface area contributed by atoms with Crippen LogP contribution >= 0.6 is 0 Å². The van der Waals surface area contributed by atoms with Gasteiger partial charge in [-0.05, 0) is 39.5 Å². The van der Waals surface area contributed by atoms with Gasteiger partial charge < -0.3 is 14.6 Å². The van der Waals surface area contributed by atoms with Crippen molar-refractivity contribution in [3.8, 4) is 0 Å². The van der Waals surface area contributed by atoms with Gasteiger partial charge in [-0.15, -0.1) is 0 Å². The van der Waals surface area contributed by atoms with Crippen LogP contribution in [0.25, 0.3) is 0 Å². The van der Waals surface area contributed by atoms with E-state index in [0.717, 1.165) is 32.1 Å². The summed E-state index contributed by atoms with van der Waals surface area (Å²) in [5.41, 5.74) is 0. The molecule has 0 saturated carbocycles. The molecule has 2 aliphatic heterocycles. The predicted octanol–water partition coefficient (Wildman–Crippen LogP) is 2.22. The topological polar surface area (TPSA) is 38.7 Å². The summed E-state index contributed by atoms with van der Waals surface area (Å²) in [7, 11) is 0. The Hall–Kier alpha value is -0.120. The first-order valence-corrected chi connectivity index (χ1v) is 6.15. The number of hydrogen-bond donors (Lipinski definition) is 1. The zero-order valence-electron chi connectivity index (χ0n) is 9.74. The molecule has 0 aromatic rings. The maximum atomic E-state index is 9.58. The minimum Gasteiger partial charge on any atom is -0.391 e. The van der Waals surface area contributed by atoms with Crippen LogP contribution in [0.5, 0.6) is 0 Å². The fraction of sp³-hybridized carbons (Fsp3) is 1.00. The van der Waals surface area contributed by atoms with Crippen molar-refractivity contribution < 1.29 is 14.6 Å². The van der Waals surface area contributed by atoms with Crippen molar-refractivity contribution >= 4 is 0 Å². The molecule has 3 heteroatoms. The summed E-state index contributed by atoms with van der Waals surface area (Å²) in [6, 6.07) is 0. The Morgan fingerprint density at radius 1 is 1.20 bits per heavy atom. The van der Waals surface area contributed by atoms with Crippen LogP contribution < -0.4 is 0 Å². The molecule has 4 atom stereocenters. The standard InChI is InChI=1S/C12H22O3/c1-9-5-3-7-12(14-9)8-4-6-11(15-12)10(2)13/h9-11,13H,3-8H2,1-2H3. The van der Waals surface area contributed by atoms with E-state index >= 15 is 0 Å². The molecular formula is C12H22O3. The lowest BCUT2D eigenvalue weighted by atomic mass is 9.92. The average molecular weight is 214 g/mol.